The second-order valence-electron chi connectivity index (χ2n) is 7.13. The van der Waals surface area contributed by atoms with E-state index >= 15 is 0 Å². The topological polar surface area (TPSA) is 64.8 Å². The van der Waals surface area contributed by atoms with Crippen molar-refractivity contribution in [3.63, 3.8) is 0 Å². The van der Waals surface area contributed by atoms with Crippen LogP contribution in [0.2, 0.25) is 0 Å². The molecule has 3 fully saturated rings. The molecule has 1 amide bonds. The average molecular weight is 310 g/mol. The van der Waals surface area contributed by atoms with Crippen LogP contribution >= 0.6 is 0 Å². The third-order valence-electron chi connectivity index (χ3n) is 5.71. The first-order valence-electron chi connectivity index (χ1n) is 8.96. The van der Waals surface area contributed by atoms with Crippen LogP contribution in [0, 0.1) is 5.41 Å². The predicted octanol–water partition coefficient (Wildman–Crippen LogP) is 1.69. The molecule has 0 aromatic rings. The summed E-state index contributed by atoms with van der Waals surface area (Å²) in [4.78, 5) is 14.9. The zero-order valence-corrected chi connectivity index (χ0v) is 13.6. The first kappa shape index (κ1) is 16.2. The molecule has 22 heavy (non-hydrogen) atoms. The zero-order chi connectivity index (χ0) is 15.4. The molecular weight excluding hydrogens is 280 g/mol. The molecule has 0 aromatic heterocycles. The predicted molar refractivity (Wildman–Crippen MR) is 84.5 cm³/mol. The second-order valence-corrected chi connectivity index (χ2v) is 7.13. The van der Waals surface area contributed by atoms with E-state index in [-0.39, 0.29) is 11.3 Å². The largest absolute Gasteiger partial charge is 0.381 e. The van der Waals surface area contributed by atoms with Crippen LogP contribution in [0.4, 0.5) is 0 Å². The van der Waals surface area contributed by atoms with Gasteiger partial charge >= 0.3 is 0 Å². The minimum atomic E-state index is -0.378. The summed E-state index contributed by atoms with van der Waals surface area (Å²) in [7, 11) is 0. The van der Waals surface area contributed by atoms with Crippen LogP contribution < -0.4 is 5.73 Å². The van der Waals surface area contributed by atoms with Crippen LogP contribution in [0.1, 0.15) is 51.4 Å². The molecular formula is C17H30N2O3. The summed E-state index contributed by atoms with van der Waals surface area (Å²) >= 11 is 0. The third-order valence-corrected chi connectivity index (χ3v) is 5.71. The van der Waals surface area contributed by atoms with Crippen molar-refractivity contribution in [3.05, 3.63) is 0 Å². The molecule has 2 saturated heterocycles. The Labute approximate surface area is 133 Å². The maximum absolute atomic E-state index is 12.9. The fraction of sp³-hybridized carbons (Fsp3) is 0.941. The number of rotatable bonds is 4. The van der Waals surface area contributed by atoms with E-state index in [1.807, 2.05) is 4.90 Å². The molecule has 126 valence electrons. The van der Waals surface area contributed by atoms with Crippen molar-refractivity contribution in [1.82, 2.24) is 4.90 Å². The highest BCUT2D eigenvalue weighted by Crippen LogP contribution is 2.33. The number of amides is 1. The van der Waals surface area contributed by atoms with E-state index in [0.717, 1.165) is 38.8 Å². The lowest BCUT2D eigenvalue weighted by Crippen LogP contribution is -2.53. The number of ether oxygens (including phenoxy) is 2. The molecule has 2 N–H and O–H groups in total. The molecule has 0 atom stereocenters. The van der Waals surface area contributed by atoms with Crippen LogP contribution in [0.3, 0.4) is 0 Å². The first-order valence-corrected chi connectivity index (χ1v) is 8.96. The first-order chi connectivity index (χ1) is 10.7. The van der Waals surface area contributed by atoms with Crippen LogP contribution in [0.15, 0.2) is 0 Å². The minimum absolute atomic E-state index is 0.248. The molecule has 0 spiro atoms. The fourth-order valence-corrected chi connectivity index (χ4v) is 4.09. The lowest BCUT2D eigenvalue weighted by molar-refractivity contribution is -0.150. The van der Waals surface area contributed by atoms with Gasteiger partial charge in [-0.1, -0.05) is 12.8 Å². The summed E-state index contributed by atoms with van der Waals surface area (Å²) < 4.78 is 11.6. The Morgan fingerprint density at radius 2 is 1.68 bits per heavy atom. The number of likely N-dealkylation sites (tertiary alicyclic amines) is 1. The zero-order valence-electron chi connectivity index (χ0n) is 13.6. The molecule has 2 aliphatic heterocycles. The van der Waals surface area contributed by atoms with Gasteiger partial charge in [0, 0.05) is 32.8 Å². The van der Waals surface area contributed by atoms with E-state index in [1.54, 1.807) is 0 Å². The van der Waals surface area contributed by atoms with Crippen molar-refractivity contribution in [2.45, 2.75) is 63.6 Å². The Bertz CT molecular complexity index is 368. The van der Waals surface area contributed by atoms with Gasteiger partial charge in [0.25, 0.3) is 0 Å². The summed E-state index contributed by atoms with van der Waals surface area (Å²) in [6.07, 6.45) is 9.34. The van der Waals surface area contributed by atoms with Gasteiger partial charge in [0.2, 0.25) is 5.91 Å². The standard InChI is InChI=1S/C17H30N2O3/c18-13-17(7-11-21-12-8-17)16(20)19-9-5-15(6-10-19)22-14-3-1-2-4-14/h14-15H,1-13,18H2. The molecule has 3 rings (SSSR count). The maximum atomic E-state index is 12.9. The Balaban J connectivity index is 1.50. The summed E-state index contributed by atoms with van der Waals surface area (Å²) in [5.74, 6) is 0.248. The summed E-state index contributed by atoms with van der Waals surface area (Å²) in [6.45, 7) is 3.39. The van der Waals surface area contributed by atoms with Gasteiger partial charge in [-0.05, 0) is 38.5 Å². The number of nitrogens with two attached hydrogens (primary N) is 1. The van der Waals surface area contributed by atoms with E-state index in [9.17, 15) is 4.79 Å². The average Bonchev–Trinajstić information content (AvgIpc) is 3.08. The van der Waals surface area contributed by atoms with E-state index < -0.39 is 0 Å². The Hall–Kier alpha value is -0.650. The monoisotopic (exact) mass is 310 g/mol. The van der Waals surface area contributed by atoms with Crippen molar-refractivity contribution in [3.8, 4) is 0 Å². The molecule has 1 aliphatic carbocycles. The highest BCUT2D eigenvalue weighted by molar-refractivity contribution is 5.83. The van der Waals surface area contributed by atoms with E-state index in [2.05, 4.69) is 0 Å². The number of piperidine rings is 1. The van der Waals surface area contributed by atoms with Gasteiger partial charge in [-0.2, -0.15) is 0 Å². The molecule has 5 heteroatoms. The quantitative estimate of drug-likeness (QED) is 0.858. The minimum Gasteiger partial charge on any atom is -0.381 e. The number of hydrogen-bond donors (Lipinski definition) is 1. The van der Waals surface area contributed by atoms with Gasteiger partial charge in [-0.25, -0.2) is 0 Å². The SMILES string of the molecule is NCC1(C(=O)N2CCC(OC3CCCC3)CC2)CCOCC1. The summed E-state index contributed by atoms with van der Waals surface area (Å²) in [5, 5.41) is 0. The van der Waals surface area contributed by atoms with Crippen molar-refractivity contribution < 1.29 is 14.3 Å². The van der Waals surface area contributed by atoms with Crippen molar-refractivity contribution >= 4 is 5.91 Å². The lowest BCUT2D eigenvalue weighted by Gasteiger charge is -2.41. The van der Waals surface area contributed by atoms with Gasteiger partial charge in [0.15, 0.2) is 0 Å². The summed E-state index contributed by atoms with van der Waals surface area (Å²) in [5.41, 5.74) is 5.58. The summed E-state index contributed by atoms with van der Waals surface area (Å²) in [6, 6.07) is 0. The van der Waals surface area contributed by atoms with E-state index in [0.29, 0.717) is 32.0 Å². The van der Waals surface area contributed by atoms with Crippen molar-refractivity contribution in [2.75, 3.05) is 32.8 Å². The molecule has 3 aliphatic rings. The fourth-order valence-electron chi connectivity index (χ4n) is 4.09. The van der Waals surface area contributed by atoms with Crippen LogP contribution in [0.25, 0.3) is 0 Å². The highest BCUT2D eigenvalue weighted by atomic mass is 16.5. The molecule has 0 unspecified atom stereocenters. The Kier molecular flexibility index (Phi) is 5.37. The third kappa shape index (κ3) is 3.47. The molecule has 0 bridgehead atoms. The van der Waals surface area contributed by atoms with Gasteiger partial charge in [-0.3, -0.25) is 4.79 Å². The van der Waals surface area contributed by atoms with Crippen LogP contribution in [-0.4, -0.2) is 55.9 Å². The molecule has 0 radical (unpaired) electrons. The normalized spacial score (nSPS) is 27.2. The van der Waals surface area contributed by atoms with Crippen molar-refractivity contribution in [1.29, 1.82) is 0 Å². The molecule has 1 saturated carbocycles. The highest BCUT2D eigenvalue weighted by Gasteiger charge is 2.42. The van der Waals surface area contributed by atoms with Crippen molar-refractivity contribution in [2.24, 2.45) is 11.1 Å². The Morgan fingerprint density at radius 3 is 2.27 bits per heavy atom. The molecule has 5 nitrogen and oxygen atoms in total. The van der Waals surface area contributed by atoms with Gasteiger partial charge in [0.1, 0.15) is 0 Å². The smallest absolute Gasteiger partial charge is 0.230 e. The number of nitrogens with zero attached hydrogens (tertiary/aromatic N) is 1. The molecule has 2 heterocycles. The second kappa shape index (κ2) is 7.28. The number of carbonyl (C=O) groups is 1. The van der Waals surface area contributed by atoms with Gasteiger partial charge in [-0.15, -0.1) is 0 Å². The molecule has 0 aromatic carbocycles. The number of carbonyl (C=O) groups excluding carboxylic acids is 1. The lowest BCUT2D eigenvalue weighted by atomic mass is 9.78. The van der Waals surface area contributed by atoms with Crippen LogP contribution in [0.5, 0.6) is 0 Å². The Morgan fingerprint density at radius 1 is 1.09 bits per heavy atom. The van der Waals surface area contributed by atoms with E-state index in [4.69, 9.17) is 15.2 Å². The van der Waals surface area contributed by atoms with Crippen LogP contribution in [-0.2, 0) is 14.3 Å². The van der Waals surface area contributed by atoms with E-state index in [1.165, 1.54) is 25.7 Å². The number of hydrogen-bond acceptors (Lipinski definition) is 4. The van der Waals surface area contributed by atoms with Gasteiger partial charge < -0.3 is 20.1 Å². The maximum Gasteiger partial charge on any atom is 0.230 e. The van der Waals surface area contributed by atoms with Gasteiger partial charge in [0.05, 0.1) is 17.6 Å².